The molecular weight excluding hydrogens is 973 g/mol. The quantitative estimate of drug-likeness (QED) is 0.0261. The zero-order valence-electron chi connectivity index (χ0n) is 52.6. The zero-order chi connectivity index (χ0) is 57.1. The van der Waals surface area contributed by atoms with Crippen molar-refractivity contribution in [1.29, 1.82) is 0 Å². The van der Waals surface area contributed by atoms with Crippen LogP contribution in [-0.2, 0) is 28.6 Å². The average Bonchev–Trinajstić information content (AvgIpc) is 3.45. The van der Waals surface area contributed by atoms with Gasteiger partial charge in [-0.3, -0.25) is 14.4 Å². The Balaban J connectivity index is 4.17. The van der Waals surface area contributed by atoms with E-state index in [0.717, 1.165) is 135 Å². The fourth-order valence-electron chi connectivity index (χ4n) is 10.1. The lowest BCUT2D eigenvalue weighted by molar-refractivity contribution is -0.167. The Labute approximate surface area is 491 Å². The van der Waals surface area contributed by atoms with Gasteiger partial charge in [-0.1, -0.05) is 325 Å². The van der Waals surface area contributed by atoms with Crippen LogP contribution < -0.4 is 0 Å². The number of allylic oxidation sites excluding steroid dienone is 12. The molecule has 0 aliphatic carbocycles. The molecule has 0 aromatic heterocycles. The maximum atomic E-state index is 12.9. The van der Waals surface area contributed by atoms with Crippen molar-refractivity contribution in [1.82, 2.24) is 0 Å². The first-order chi connectivity index (χ1) is 39.0. The fourth-order valence-corrected chi connectivity index (χ4v) is 10.1. The summed E-state index contributed by atoms with van der Waals surface area (Å²) < 4.78 is 16.9. The van der Waals surface area contributed by atoms with Crippen LogP contribution in [0.4, 0.5) is 0 Å². The lowest BCUT2D eigenvalue weighted by atomic mass is 10.0. The SMILES string of the molecule is CC/C=C\C/C=C\C/C=C\CCCCCCCC(=O)OCC(COC(=O)CCCCCCCCCCCCCCCCCCCCCCCCCCCCCCCCC)OC(=O)CCCCCCC/C=C\C/C=C\C/C=C\CC. The Morgan fingerprint density at radius 1 is 0.266 bits per heavy atom. The van der Waals surface area contributed by atoms with Crippen LogP contribution >= 0.6 is 0 Å². The monoisotopic (exact) mass is 1100 g/mol. The maximum Gasteiger partial charge on any atom is 0.306 e. The van der Waals surface area contributed by atoms with E-state index in [4.69, 9.17) is 14.2 Å². The third-order valence-electron chi connectivity index (χ3n) is 15.2. The van der Waals surface area contributed by atoms with Gasteiger partial charge in [0.05, 0.1) is 0 Å². The van der Waals surface area contributed by atoms with Crippen molar-refractivity contribution in [3.63, 3.8) is 0 Å². The molecule has 6 nitrogen and oxygen atoms in total. The second-order valence-electron chi connectivity index (χ2n) is 23.0. The van der Waals surface area contributed by atoms with Crippen molar-refractivity contribution in [2.24, 2.45) is 0 Å². The van der Waals surface area contributed by atoms with Crippen LogP contribution in [0.2, 0.25) is 0 Å². The van der Waals surface area contributed by atoms with Gasteiger partial charge in [0.1, 0.15) is 13.2 Å². The molecule has 0 aliphatic rings. The van der Waals surface area contributed by atoms with Gasteiger partial charge in [-0.15, -0.1) is 0 Å². The van der Waals surface area contributed by atoms with Gasteiger partial charge in [0.15, 0.2) is 6.10 Å². The molecule has 0 saturated heterocycles. The molecule has 1 unspecified atom stereocenters. The number of unbranched alkanes of at least 4 members (excludes halogenated alkanes) is 40. The number of rotatable bonds is 63. The van der Waals surface area contributed by atoms with E-state index < -0.39 is 6.10 Å². The predicted octanol–water partition coefficient (Wildman–Crippen LogP) is 23.7. The van der Waals surface area contributed by atoms with Gasteiger partial charge >= 0.3 is 17.9 Å². The minimum absolute atomic E-state index is 0.0856. The van der Waals surface area contributed by atoms with E-state index in [1.54, 1.807) is 0 Å². The highest BCUT2D eigenvalue weighted by atomic mass is 16.6. The first kappa shape index (κ1) is 75.8. The first-order valence-electron chi connectivity index (χ1n) is 34.4. The molecule has 0 aliphatic heterocycles. The normalized spacial score (nSPS) is 12.5. The molecule has 1 atom stereocenters. The number of ether oxygens (including phenoxy) is 3. The lowest BCUT2D eigenvalue weighted by Gasteiger charge is -2.18. The number of hydrogen-bond donors (Lipinski definition) is 0. The second-order valence-corrected chi connectivity index (χ2v) is 23.0. The van der Waals surface area contributed by atoms with Crippen LogP contribution in [0, 0.1) is 0 Å². The average molecular weight is 1100 g/mol. The van der Waals surface area contributed by atoms with Crippen molar-refractivity contribution in [2.45, 2.75) is 361 Å². The van der Waals surface area contributed by atoms with Crippen LogP contribution in [0.25, 0.3) is 0 Å². The van der Waals surface area contributed by atoms with Gasteiger partial charge in [-0.2, -0.15) is 0 Å². The van der Waals surface area contributed by atoms with Crippen molar-refractivity contribution in [3.05, 3.63) is 72.9 Å². The largest absolute Gasteiger partial charge is 0.462 e. The minimum atomic E-state index is -0.792. The number of carbonyl (C=O) groups excluding carboxylic acids is 3. The Morgan fingerprint density at radius 3 is 0.772 bits per heavy atom. The lowest BCUT2D eigenvalue weighted by Crippen LogP contribution is -2.30. The summed E-state index contributed by atoms with van der Waals surface area (Å²) in [5.74, 6) is -0.904. The van der Waals surface area contributed by atoms with Crippen molar-refractivity contribution < 1.29 is 28.6 Å². The topological polar surface area (TPSA) is 78.9 Å². The smallest absolute Gasteiger partial charge is 0.306 e. The number of esters is 3. The minimum Gasteiger partial charge on any atom is -0.462 e. The van der Waals surface area contributed by atoms with Gasteiger partial charge in [-0.05, 0) is 83.5 Å². The summed E-state index contributed by atoms with van der Waals surface area (Å²) in [4.78, 5) is 38.3. The molecular formula is C73H130O6. The Kier molecular flexibility index (Phi) is 64.7. The maximum absolute atomic E-state index is 12.9. The molecule has 0 amide bonds. The Morgan fingerprint density at radius 2 is 0.494 bits per heavy atom. The Hall–Kier alpha value is -3.15. The molecule has 0 bridgehead atoms. The van der Waals surface area contributed by atoms with Crippen molar-refractivity contribution in [2.75, 3.05) is 13.2 Å². The molecule has 0 heterocycles. The van der Waals surface area contributed by atoms with Gasteiger partial charge in [0.2, 0.25) is 0 Å². The van der Waals surface area contributed by atoms with Gasteiger partial charge in [0.25, 0.3) is 0 Å². The summed E-state index contributed by atoms with van der Waals surface area (Å²) >= 11 is 0. The highest BCUT2D eigenvalue weighted by Gasteiger charge is 2.19. The zero-order valence-corrected chi connectivity index (χ0v) is 52.6. The molecule has 0 aromatic rings. The molecule has 0 rings (SSSR count). The van der Waals surface area contributed by atoms with E-state index in [2.05, 4.69) is 93.7 Å². The summed E-state index contributed by atoms with van der Waals surface area (Å²) in [5.41, 5.74) is 0. The summed E-state index contributed by atoms with van der Waals surface area (Å²) in [6, 6.07) is 0. The highest BCUT2D eigenvalue weighted by molar-refractivity contribution is 5.71. The molecule has 0 saturated carbocycles. The molecule has 0 fully saturated rings. The van der Waals surface area contributed by atoms with Crippen molar-refractivity contribution in [3.8, 4) is 0 Å². The van der Waals surface area contributed by atoms with E-state index >= 15 is 0 Å². The van der Waals surface area contributed by atoms with Gasteiger partial charge < -0.3 is 14.2 Å². The summed E-state index contributed by atoms with van der Waals surface area (Å²) in [6.07, 6.45) is 88.1. The molecule has 0 spiro atoms. The van der Waals surface area contributed by atoms with Crippen LogP contribution in [0.15, 0.2) is 72.9 Å². The van der Waals surface area contributed by atoms with Crippen LogP contribution in [0.5, 0.6) is 0 Å². The standard InChI is InChI=1S/C73H130O6/c1-4-7-10-13-16-19-22-25-28-29-30-31-32-33-34-35-36-37-38-39-40-41-42-43-46-48-51-54-57-60-63-66-72(75)78-69-70(79-73(76)67-64-61-58-55-52-49-45-27-24-21-18-15-12-9-6-3)68-77-71(74)65-62-59-56-53-50-47-44-26-23-20-17-14-11-8-5-2/h8-9,11-12,17-18,20-21,26-27,44-45,70H,4-7,10,13-16,19,22-25,28-43,46-69H2,1-3H3/b11-8-,12-9-,20-17-,21-18-,44-26-,45-27-. The van der Waals surface area contributed by atoms with E-state index in [9.17, 15) is 14.4 Å². The van der Waals surface area contributed by atoms with Gasteiger partial charge in [-0.25, -0.2) is 0 Å². The molecule has 6 heteroatoms. The van der Waals surface area contributed by atoms with Crippen molar-refractivity contribution >= 4 is 17.9 Å². The van der Waals surface area contributed by atoms with E-state index in [1.807, 2.05) is 0 Å². The number of hydrogen-bond acceptors (Lipinski definition) is 6. The van der Waals surface area contributed by atoms with E-state index in [-0.39, 0.29) is 31.1 Å². The molecule has 0 aromatic carbocycles. The van der Waals surface area contributed by atoms with E-state index in [1.165, 1.54) is 180 Å². The van der Waals surface area contributed by atoms with Crippen LogP contribution in [-0.4, -0.2) is 37.2 Å². The van der Waals surface area contributed by atoms with E-state index in [0.29, 0.717) is 19.3 Å². The van der Waals surface area contributed by atoms with Gasteiger partial charge in [0, 0.05) is 19.3 Å². The summed E-state index contributed by atoms with van der Waals surface area (Å²) in [5, 5.41) is 0. The molecule has 79 heavy (non-hydrogen) atoms. The highest BCUT2D eigenvalue weighted by Crippen LogP contribution is 2.18. The second kappa shape index (κ2) is 67.4. The molecule has 0 radical (unpaired) electrons. The number of carbonyl (C=O) groups is 3. The third-order valence-corrected chi connectivity index (χ3v) is 15.2. The predicted molar refractivity (Wildman–Crippen MR) is 344 cm³/mol. The molecule has 458 valence electrons. The summed E-state index contributed by atoms with van der Waals surface area (Å²) in [6.45, 7) is 6.44. The van der Waals surface area contributed by atoms with Crippen LogP contribution in [0.1, 0.15) is 355 Å². The molecule has 0 N–H and O–H groups in total. The fraction of sp³-hybridized carbons (Fsp3) is 0.795. The Bertz CT molecular complexity index is 1450. The third kappa shape index (κ3) is 65.5. The van der Waals surface area contributed by atoms with Crippen LogP contribution in [0.3, 0.4) is 0 Å². The first-order valence-corrected chi connectivity index (χ1v) is 34.4. The summed E-state index contributed by atoms with van der Waals surface area (Å²) in [7, 11) is 0.